The smallest absolute Gasteiger partial charge is 0.119 e. The van der Waals surface area contributed by atoms with Gasteiger partial charge in [0.25, 0.3) is 0 Å². The zero-order chi connectivity index (χ0) is 14.2. The van der Waals surface area contributed by atoms with Crippen LogP contribution in [0.4, 0.5) is 0 Å². The van der Waals surface area contributed by atoms with Gasteiger partial charge in [0.1, 0.15) is 5.75 Å². The van der Waals surface area contributed by atoms with E-state index in [1.54, 1.807) is 7.11 Å². The number of hydrogen-bond donors (Lipinski definition) is 1. The second-order valence-corrected chi connectivity index (χ2v) is 5.85. The molecule has 1 atom stereocenters. The normalized spacial score (nSPS) is 20.8. The highest BCUT2D eigenvalue weighted by molar-refractivity contribution is 6.31. The van der Waals surface area contributed by atoms with E-state index in [0.717, 1.165) is 35.6 Å². The summed E-state index contributed by atoms with van der Waals surface area (Å²) in [4.78, 5) is 0. The van der Waals surface area contributed by atoms with E-state index >= 15 is 0 Å². The Kier molecular flexibility index (Phi) is 3.45. The van der Waals surface area contributed by atoms with Gasteiger partial charge in [-0.15, -0.1) is 0 Å². The van der Waals surface area contributed by atoms with Crippen LogP contribution in [0.5, 0.6) is 5.75 Å². The van der Waals surface area contributed by atoms with Gasteiger partial charge < -0.3 is 10.5 Å². The van der Waals surface area contributed by atoms with Crippen molar-refractivity contribution in [3.63, 3.8) is 0 Å². The van der Waals surface area contributed by atoms with Gasteiger partial charge >= 0.3 is 0 Å². The molecule has 0 heterocycles. The van der Waals surface area contributed by atoms with Crippen molar-refractivity contribution < 1.29 is 4.74 Å². The average Bonchev–Trinajstić information content (AvgIpc) is 2.78. The third kappa shape index (κ3) is 2.30. The van der Waals surface area contributed by atoms with Crippen LogP contribution < -0.4 is 10.5 Å². The summed E-state index contributed by atoms with van der Waals surface area (Å²) in [6, 6.07) is 14.1. The molecule has 3 heteroatoms. The Hall–Kier alpha value is -1.51. The maximum atomic E-state index is 6.68. The lowest BCUT2D eigenvalue weighted by molar-refractivity contribution is 0.407. The summed E-state index contributed by atoms with van der Waals surface area (Å²) in [5, 5.41) is 0.786. The second-order valence-electron chi connectivity index (χ2n) is 5.45. The van der Waals surface area contributed by atoms with E-state index in [1.165, 1.54) is 11.1 Å². The number of rotatable bonds is 3. The van der Waals surface area contributed by atoms with Crippen LogP contribution in [0, 0.1) is 0 Å². The van der Waals surface area contributed by atoms with Crippen molar-refractivity contribution in [3.05, 3.63) is 64.2 Å². The highest BCUT2D eigenvalue weighted by Crippen LogP contribution is 2.40. The molecule has 0 bridgehead atoms. The lowest BCUT2D eigenvalue weighted by Crippen LogP contribution is -2.36. The van der Waals surface area contributed by atoms with E-state index in [0.29, 0.717) is 0 Å². The third-order valence-electron chi connectivity index (χ3n) is 4.16. The molecule has 3 rings (SSSR count). The van der Waals surface area contributed by atoms with E-state index < -0.39 is 0 Å². The Morgan fingerprint density at radius 1 is 1.25 bits per heavy atom. The van der Waals surface area contributed by atoms with Crippen LogP contribution in [0.2, 0.25) is 5.02 Å². The molecule has 0 spiro atoms. The first kappa shape index (κ1) is 13.5. The van der Waals surface area contributed by atoms with E-state index in [4.69, 9.17) is 22.1 Å². The fourth-order valence-corrected chi connectivity index (χ4v) is 3.22. The summed E-state index contributed by atoms with van der Waals surface area (Å²) in [6.45, 7) is 0. The van der Waals surface area contributed by atoms with Crippen molar-refractivity contribution >= 4 is 11.6 Å². The number of hydrogen-bond acceptors (Lipinski definition) is 2. The standard InChI is InChI=1S/C17H18ClNO/c1-20-14-7-6-12-8-9-17(19,15(12)10-14)11-13-4-2-3-5-16(13)18/h2-7,10H,8-9,11,19H2,1H3. The Balaban J connectivity index is 1.98. The molecular weight excluding hydrogens is 270 g/mol. The maximum absolute atomic E-state index is 6.68. The van der Waals surface area contributed by atoms with Crippen LogP contribution in [-0.4, -0.2) is 7.11 Å². The van der Waals surface area contributed by atoms with Gasteiger partial charge in [0.15, 0.2) is 0 Å². The molecular formula is C17H18ClNO. The number of fused-ring (bicyclic) bond motifs is 1. The van der Waals surface area contributed by atoms with Crippen LogP contribution in [-0.2, 0) is 18.4 Å². The molecule has 0 aliphatic heterocycles. The molecule has 1 aliphatic rings. The molecule has 0 aromatic heterocycles. The van der Waals surface area contributed by atoms with E-state index in [9.17, 15) is 0 Å². The van der Waals surface area contributed by atoms with Crippen molar-refractivity contribution in [2.75, 3.05) is 7.11 Å². The molecule has 0 radical (unpaired) electrons. The largest absolute Gasteiger partial charge is 0.497 e. The Morgan fingerprint density at radius 2 is 2.05 bits per heavy atom. The predicted molar refractivity (Wildman–Crippen MR) is 82.3 cm³/mol. The zero-order valence-corrected chi connectivity index (χ0v) is 12.3. The number of ether oxygens (including phenoxy) is 1. The molecule has 0 saturated carbocycles. The maximum Gasteiger partial charge on any atom is 0.119 e. The first-order valence-corrected chi connectivity index (χ1v) is 7.20. The molecule has 0 saturated heterocycles. The van der Waals surface area contributed by atoms with Gasteiger partial charge in [-0.1, -0.05) is 35.9 Å². The van der Waals surface area contributed by atoms with Gasteiger partial charge in [-0.05, 0) is 54.2 Å². The molecule has 2 N–H and O–H groups in total. The first-order chi connectivity index (χ1) is 9.62. The van der Waals surface area contributed by atoms with Gasteiger partial charge in [-0.3, -0.25) is 0 Å². The molecule has 1 aliphatic carbocycles. The monoisotopic (exact) mass is 287 g/mol. The van der Waals surface area contributed by atoms with Crippen molar-refractivity contribution in [1.29, 1.82) is 0 Å². The van der Waals surface area contributed by atoms with Crippen molar-refractivity contribution in [3.8, 4) is 5.75 Å². The number of methoxy groups -OCH3 is 1. The number of benzene rings is 2. The fraction of sp³-hybridized carbons (Fsp3) is 0.294. The second kappa shape index (κ2) is 5.12. The average molecular weight is 288 g/mol. The lowest BCUT2D eigenvalue weighted by Gasteiger charge is -2.26. The molecule has 2 nitrogen and oxygen atoms in total. The minimum absolute atomic E-state index is 0.352. The summed E-state index contributed by atoms with van der Waals surface area (Å²) in [5.74, 6) is 0.861. The molecule has 0 amide bonds. The Bertz CT molecular complexity index is 641. The summed E-state index contributed by atoms with van der Waals surface area (Å²) >= 11 is 6.27. The van der Waals surface area contributed by atoms with Gasteiger partial charge in [-0.25, -0.2) is 0 Å². The van der Waals surface area contributed by atoms with Crippen LogP contribution in [0.15, 0.2) is 42.5 Å². The topological polar surface area (TPSA) is 35.2 Å². The SMILES string of the molecule is COc1ccc2c(c1)C(N)(Cc1ccccc1Cl)CC2. The van der Waals surface area contributed by atoms with Crippen LogP contribution in [0.25, 0.3) is 0 Å². The zero-order valence-electron chi connectivity index (χ0n) is 11.5. The molecule has 1 unspecified atom stereocenters. The number of halogens is 1. The van der Waals surface area contributed by atoms with Crippen molar-refractivity contribution in [2.45, 2.75) is 24.8 Å². The van der Waals surface area contributed by atoms with Gasteiger partial charge in [-0.2, -0.15) is 0 Å². The van der Waals surface area contributed by atoms with Crippen molar-refractivity contribution in [1.82, 2.24) is 0 Å². The van der Waals surface area contributed by atoms with Gasteiger partial charge in [0.2, 0.25) is 0 Å². The summed E-state index contributed by atoms with van der Waals surface area (Å²) < 4.78 is 5.33. The Labute approximate surface area is 124 Å². The number of nitrogens with two attached hydrogens (primary N) is 1. The van der Waals surface area contributed by atoms with Gasteiger partial charge in [0.05, 0.1) is 7.11 Å². The molecule has 104 valence electrons. The van der Waals surface area contributed by atoms with E-state index in [2.05, 4.69) is 18.2 Å². The summed E-state index contributed by atoms with van der Waals surface area (Å²) in [5.41, 5.74) is 9.94. The molecule has 0 fully saturated rings. The van der Waals surface area contributed by atoms with E-state index in [1.807, 2.05) is 24.3 Å². The van der Waals surface area contributed by atoms with Crippen LogP contribution in [0.3, 0.4) is 0 Å². The van der Waals surface area contributed by atoms with Crippen molar-refractivity contribution in [2.24, 2.45) is 5.73 Å². The van der Waals surface area contributed by atoms with Crippen LogP contribution >= 0.6 is 11.6 Å². The minimum atomic E-state index is -0.352. The molecule has 2 aromatic carbocycles. The lowest BCUT2D eigenvalue weighted by atomic mass is 9.86. The first-order valence-electron chi connectivity index (χ1n) is 6.82. The third-order valence-corrected chi connectivity index (χ3v) is 4.53. The molecule has 2 aromatic rings. The summed E-state index contributed by atoms with van der Waals surface area (Å²) in [6.07, 6.45) is 2.72. The highest BCUT2D eigenvalue weighted by atomic mass is 35.5. The quantitative estimate of drug-likeness (QED) is 0.934. The summed E-state index contributed by atoms with van der Waals surface area (Å²) in [7, 11) is 1.68. The molecule has 20 heavy (non-hydrogen) atoms. The number of aryl methyl sites for hydroxylation is 1. The van der Waals surface area contributed by atoms with Crippen LogP contribution in [0.1, 0.15) is 23.1 Å². The predicted octanol–water partition coefficient (Wildman–Crippen LogP) is 3.69. The Morgan fingerprint density at radius 3 is 2.80 bits per heavy atom. The van der Waals surface area contributed by atoms with Gasteiger partial charge in [0, 0.05) is 10.6 Å². The minimum Gasteiger partial charge on any atom is -0.497 e. The highest BCUT2D eigenvalue weighted by Gasteiger charge is 2.35. The fourth-order valence-electron chi connectivity index (χ4n) is 3.02. The van der Waals surface area contributed by atoms with E-state index in [-0.39, 0.29) is 5.54 Å².